The van der Waals surface area contributed by atoms with Crippen LogP contribution in [0.5, 0.6) is 5.75 Å². The third kappa shape index (κ3) is 9.77. The van der Waals surface area contributed by atoms with Gasteiger partial charge in [-0.1, -0.05) is 61.2 Å². The van der Waals surface area contributed by atoms with Gasteiger partial charge < -0.3 is 4.74 Å². The molecule has 0 aliphatic rings. The third-order valence-electron chi connectivity index (χ3n) is 5.04. The molecule has 0 bridgehead atoms. The lowest BCUT2D eigenvalue weighted by atomic mass is 9.98. The van der Waals surface area contributed by atoms with Crippen molar-refractivity contribution in [2.24, 2.45) is 5.41 Å². The van der Waals surface area contributed by atoms with E-state index in [1.165, 1.54) is 22.3 Å². The molecule has 3 rings (SSSR count). The van der Waals surface area contributed by atoms with Crippen LogP contribution < -0.4 is 4.74 Å². The van der Waals surface area contributed by atoms with E-state index < -0.39 is 0 Å². The summed E-state index contributed by atoms with van der Waals surface area (Å²) in [5, 5.41) is 4.27. The van der Waals surface area contributed by atoms with Crippen LogP contribution in [-0.4, -0.2) is 18.0 Å². The molecule has 0 radical (unpaired) electrons. The van der Waals surface area contributed by atoms with E-state index in [0.717, 1.165) is 31.8 Å². The molecule has 0 aliphatic heterocycles. The summed E-state index contributed by atoms with van der Waals surface area (Å²) in [6.45, 7) is 12.1. The lowest BCUT2D eigenvalue weighted by Gasteiger charge is -2.20. The molecule has 1 aromatic heterocycles. The Morgan fingerprint density at radius 3 is 2.53 bits per heavy atom. The summed E-state index contributed by atoms with van der Waals surface area (Å²) in [5.41, 5.74) is 4.98. The van der Waals surface area contributed by atoms with Crippen LogP contribution in [0.15, 0.2) is 77.5 Å². The van der Waals surface area contributed by atoms with Gasteiger partial charge in [0.15, 0.2) is 0 Å². The van der Waals surface area contributed by atoms with Crippen molar-refractivity contribution in [3.05, 3.63) is 88.6 Å². The summed E-state index contributed by atoms with van der Waals surface area (Å²) in [7, 11) is 0. The second-order valence-electron chi connectivity index (χ2n) is 9.31. The van der Waals surface area contributed by atoms with Crippen molar-refractivity contribution < 1.29 is 4.74 Å². The first-order chi connectivity index (χ1) is 15.9. The minimum atomic E-state index is 0. The van der Waals surface area contributed by atoms with E-state index in [1.54, 1.807) is 11.3 Å². The minimum absolute atomic E-state index is 0. The van der Waals surface area contributed by atoms with Crippen LogP contribution in [0, 0.1) is 17.3 Å². The van der Waals surface area contributed by atoms with Crippen molar-refractivity contribution in [3.63, 3.8) is 0 Å². The molecular formula is C30H36ClNOS. The van der Waals surface area contributed by atoms with E-state index in [4.69, 9.17) is 4.74 Å². The van der Waals surface area contributed by atoms with Crippen LogP contribution >= 0.6 is 23.7 Å². The first kappa shape index (κ1) is 27.7. The maximum atomic E-state index is 6.12. The smallest absolute Gasteiger partial charge is 0.120 e. The number of rotatable bonds is 10. The number of allylic oxidation sites excluding steroid dienone is 1. The molecule has 0 spiro atoms. The van der Waals surface area contributed by atoms with Crippen LogP contribution in [0.3, 0.4) is 0 Å². The van der Waals surface area contributed by atoms with E-state index in [2.05, 4.69) is 110 Å². The molecule has 0 N–H and O–H groups in total. The summed E-state index contributed by atoms with van der Waals surface area (Å²) in [6.07, 6.45) is 5.29. The summed E-state index contributed by atoms with van der Waals surface area (Å²) in [4.78, 5) is 2.46. The van der Waals surface area contributed by atoms with Gasteiger partial charge in [0.1, 0.15) is 12.4 Å². The summed E-state index contributed by atoms with van der Waals surface area (Å²) < 4.78 is 6.12. The topological polar surface area (TPSA) is 12.5 Å². The number of hydrogen-bond donors (Lipinski definition) is 0. The zero-order chi connectivity index (χ0) is 23.5. The number of ether oxygens (including phenoxy) is 1. The van der Waals surface area contributed by atoms with Gasteiger partial charge in [0, 0.05) is 18.5 Å². The lowest BCUT2D eigenvalue weighted by molar-refractivity contribution is 0.293. The van der Waals surface area contributed by atoms with Gasteiger partial charge in [-0.25, -0.2) is 0 Å². The van der Waals surface area contributed by atoms with Gasteiger partial charge in [-0.3, -0.25) is 4.90 Å². The number of halogens is 1. The van der Waals surface area contributed by atoms with Gasteiger partial charge in [0.05, 0.1) is 0 Å². The Morgan fingerprint density at radius 2 is 1.79 bits per heavy atom. The van der Waals surface area contributed by atoms with Gasteiger partial charge in [-0.2, -0.15) is 11.3 Å². The molecule has 4 heteroatoms. The second kappa shape index (κ2) is 14.0. The second-order valence-corrected chi connectivity index (χ2v) is 10.1. The fourth-order valence-corrected chi connectivity index (χ4v) is 4.17. The Hall–Kier alpha value is -2.51. The van der Waals surface area contributed by atoms with Gasteiger partial charge in [-0.15, -0.1) is 12.4 Å². The number of nitrogens with zero attached hydrogens (tertiary/aromatic N) is 1. The van der Waals surface area contributed by atoms with Crippen molar-refractivity contribution in [2.45, 2.75) is 47.3 Å². The molecule has 3 aromatic rings. The van der Waals surface area contributed by atoms with Crippen LogP contribution in [-0.2, 0) is 13.2 Å². The average Bonchev–Trinajstić information content (AvgIpc) is 3.32. The largest absolute Gasteiger partial charge is 0.489 e. The molecule has 2 aromatic carbocycles. The predicted octanol–water partition coefficient (Wildman–Crippen LogP) is 8.23. The number of hydrogen-bond acceptors (Lipinski definition) is 3. The Bertz CT molecular complexity index is 1090. The van der Waals surface area contributed by atoms with Gasteiger partial charge in [0.25, 0.3) is 0 Å². The Balaban J connectivity index is 0.00000408. The molecule has 180 valence electrons. The van der Waals surface area contributed by atoms with Crippen molar-refractivity contribution in [1.29, 1.82) is 0 Å². The first-order valence-electron chi connectivity index (χ1n) is 11.7. The summed E-state index contributed by atoms with van der Waals surface area (Å²) >= 11 is 1.71. The van der Waals surface area contributed by atoms with Crippen LogP contribution in [0.1, 0.15) is 45.2 Å². The molecular weight excluding hydrogens is 458 g/mol. The monoisotopic (exact) mass is 493 g/mol. The highest BCUT2D eigenvalue weighted by atomic mass is 35.5. The SMILES string of the molecule is CCCN(CC=CC#CC(C)(C)C)Cc1cccc(COc2cccc(-c3ccsc3)c2)c1.Cl. The molecule has 1 heterocycles. The Kier molecular flexibility index (Phi) is 11.4. The van der Waals surface area contributed by atoms with Crippen LogP contribution in [0.2, 0.25) is 0 Å². The molecule has 0 fully saturated rings. The molecule has 0 atom stereocenters. The fraction of sp³-hybridized carbons (Fsp3) is 0.333. The lowest BCUT2D eigenvalue weighted by Crippen LogP contribution is -2.24. The molecule has 2 nitrogen and oxygen atoms in total. The van der Waals surface area contributed by atoms with Crippen LogP contribution in [0.4, 0.5) is 0 Å². The highest BCUT2D eigenvalue weighted by Gasteiger charge is 2.06. The zero-order valence-electron chi connectivity index (χ0n) is 20.7. The van der Waals surface area contributed by atoms with E-state index in [-0.39, 0.29) is 17.8 Å². The summed E-state index contributed by atoms with van der Waals surface area (Å²) in [5.74, 6) is 7.32. The maximum absolute atomic E-state index is 6.12. The standard InChI is InChI=1S/C30H35NOS.ClH/c1-5-17-31(18-8-6-7-16-30(2,3)4)22-25-11-9-12-26(20-25)23-32-29-14-10-13-27(21-29)28-15-19-33-24-28;/h6,8-15,19-21,24H,5,17-18,22-23H2,1-4H3;1H. The Labute approximate surface area is 216 Å². The van der Waals surface area contributed by atoms with E-state index in [0.29, 0.717) is 6.61 Å². The third-order valence-corrected chi connectivity index (χ3v) is 5.73. The summed E-state index contributed by atoms with van der Waals surface area (Å²) in [6, 6.07) is 19.2. The molecule has 0 saturated carbocycles. The molecule has 34 heavy (non-hydrogen) atoms. The average molecular weight is 494 g/mol. The van der Waals surface area contributed by atoms with E-state index in [9.17, 15) is 0 Å². The van der Waals surface area contributed by atoms with E-state index >= 15 is 0 Å². The van der Waals surface area contributed by atoms with Gasteiger partial charge in [-0.05, 0) is 91.0 Å². The number of thiophene rings is 1. The van der Waals surface area contributed by atoms with Crippen molar-refractivity contribution in [1.82, 2.24) is 4.90 Å². The van der Waals surface area contributed by atoms with E-state index in [1.807, 2.05) is 12.1 Å². The van der Waals surface area contributed by atoms with Crippen molar-refractivity contribution in [2.75, 3.05) is 13.1 Å². The normalized spacial score (nSPS) is 11.2. The number of benzene rings is 2. The first-order valence-corrected chi connectivity index (χ1v) is 12.6. The van der Waals surface area contributed by atoms with Crippen LogP contribution in [0.25, 0.3) is 11.1 Å². The van der Waals surface area contributed by atoms with Crippen molar-refractivity contribution in [3.8, 4) is 28.7 Å². The zero-order valence-corrected chi connectivity index (χ0v) is 22.3. The highest BCUT2D eigenvalue weighted by molar-refractivity contribution is 7.08. The molecule has 0 amide bonds. The molecule has 0 unspecified atom stereocenters. The van der Waals surface area contributed by atoms with Gasteiger partial charge >= 0.3 is 0 Å². The van der Waals surface area contributed by atoms with Crippen molar-refractivity contribution >= 4 is 23.7 Å². The van der Waals surface area contributed by atoms with Gasteiger partial charge in [0.2, 0.25) is 0 Å². The Morgan fingerprint density at radius 1 is 1.00 bits per heavy atom. The molecule has 0 saturated heterocycles. The minimum Gasteiger partial charge on any atom is -0.489 e. The quantitative estimate of drug-likeness (QED) is 0.264. The molecule has 0 aliphatic carbocycles. The fourth-order valence-electron chi connectivity index (χ4n) is 3.51. The highest BCUT2D eigenvalue weighted by Crippen LogP contribution is 2.26. The predicted molar refractivity (Wildman–Crippen MR) is 150 cm³/mol. The maximum Gasteiger partial charge on any atom is 0.120 e.